The van der Waals surface area contributed by atoms with Crippen molar-refractivity contribution in [1.82, 2.24) is 10.2 Å². The first-order valence-corrected chi connectivity index (χ1v) is 9.83. The third-order valence-corrected chi connectivity index (χ3v) is 4.78. The maximum absolute atomic E-state index is 13.3. The summed E-state index contributed by atoms with van der Waals surface area (Å²) in [5, 5.41) is 11.9. The van der Waals surface area contributed by atoms with Crippen molar-refractivity contribution in [3.63, 3.8) is 0 Å². The summed E-state index contributed by atoms with van der Waals surface area (Å²) in [4.78, 5) is 38.3. The minimum atomic E-state index is -1.51. The van der Waals surface area contributed by atoms with Crippen LogP contribution in [0.2, 0.25) is 0 Å². The number of rotatable bonds is 9. The first-order chi connectivity index (χ1) is 13.8. The molecule has 1 aliphatic rings. The normalized spacial score (nSPS) is 20.9. The summed E-state index contributed by atoms with van der Waals surface area (Å²) in [6.45, 7) is 4.51. The molecule has 2 rings (SSSR count). The number of hydrogen-bond donors (Lipinski definition) is 3. The number of aliphatic carboxylic acids is 1. The second kappa shape index (κ2) is 10.1. The van der Waals surface area contributed by atoms with Gasteiger partial charge in [0.25, 0.3) is 5.91 Å². The van der Waals surface area contributed by atoms with Crippen molar-refractivity contribution in [2.45, 2.75) is 51.3 Å². The van der Waals surface area contributed by atoms with Crippen LogP contribution in [-0.2, 0) is 25.5 Å². The number of nitrogens with zero attached hydrogens (tertiary/aromatic N) is 1. The standard InChI is InChI=1S/C21H29N3O5/c1-3-13-24(14-11-15-8-6-5-7-9-15)19(26)18-21(22,23-17(25)4-2)12-10-16(29-18)20(27)28/h5-10,18H,3-4,11-14,22H2,1-2H3,(H,23,25)(H,27,28). The average Bonchev–Trinajstić information content (AvgIpc) is 2.71. The molecule has 0 bridgehead atoms. The number of hydrogen-bond acceptors (Lipinski definition) is 5. The molecule has 1 aromatic carbocycles. The minimum absolute atomic E-state index is 0.0184. The minimum Gasteiger partial charge on any atom is -0.475 e. The second-order valence-corrected chi connectivity index (χ2v) is 7.08. The molecule has 8 nitrogen and oxygen atoms in total. The summed E-state index contributed by atoms with van der Waals surface area (Å²) >= 11 is 0. The summed E-state index contributed by atoms with van der Waals surface area (Å²) in [6.07, 6.45) is 1.48. The van der Waals surface area contributed by atoms with Gasteiger partial charge < -0.3 is 25.8 Å². The van der Waals surface area contributed by atoms with Gasteiger partial charge in [-0.25, -0.2) is 4.79 Å². The van der Waals surface area contributed by atoms with Crippen LogP contribution in [0.5, 0.6) is 0 Å². The molecular weight excluding hydrogens is 374 g/mol. The lowest BCUT2D eigenvalue weighted by molar-refractivity contribution is -0.153. The Morgan fingerprint density at radius 3 is 2.52 bits per heavy atom. The van der Waals surface area contributed by atoms with Crippen molar-refractivity contribution in [3.05, 3.63) is 47.7 Å². The molecule has 29 heavy (non-hydrogen) atoms. The average molecular weight is 403 g/mol. The highest BCUT2D eigenvalue weighted by atomic mass is 16.5. The first-order valence-electron chi connectivity index (χ1n) is 9.83. The van der Waals surface area contributed by atoms with E-state index in [1.54, 1.807) is 11.8 Å². The van der Waals surface area contributed by atoms with Crippen LogP contribution in [-0.4, -0.2) is 52.6 Å². The Bertz CT molecular complexity index is 765. The summed E-state index contributed by atoms with van der Waals surface area (Å²) in [5.41, 5.74) is 5.91. The number of carboxylic acid groups (broad SMARTS) is 1. The lowest BCUT2D eigenvalue weighted by Crippen LogP contribution is -2.69. The Balaban J connectivity index is 2.24. The summed E-state index contributed by atoms with van der Waals surface area (Å²) < 4.78 is 5.48. The van der Waals surface area contributed by atoms with E-state index in [4.69, 9.17) is 10.5 Å². The zero-order valence-corrected chi connectivity index (χ0v) is 16.9. The zero-order valence-electron chi connectivity index (χ0n) is 16.9. The van der Waals surface area contributed by atoms with Crippen molar-refractivity contribution in [2.24, 2.45) is 5.73 Å². The monoisotopic (exact) mass is 403 g/mol. The van der Waals surface area contributed by atoms with Crippen LogP contribution in [0.25, 0.3) is 0 Å². The van der Waals surface area contributed by atoms with E-state index in [2.05, 4.69) is 5.32 Å². The second-order valence-electron chi connectivity index (χ2n) is 7.08. The van der Waals surface area contributed by atoms with E-state index >= 15 is 0 Å². The highest BCUT2D eigenvalue weighted by Gasteiger charge is 2.47. The van der Waals surface area contributed by atoms with Crippen LogP contribution in [0, 0.1) is 0 Å². The highest BCUT2D eigenvalue weighted by Crippen LogP contribution is 2.26. The van der Waals surface area contributed by atoms with Gasteiger partial charge in [0.15, 0.2) is 0 Å². The topological polar surface area (TPSA) is 122 Å². The molecule has 2 unspecified atom stereocenters. The molecule has 0 radical (unpaired) electrons. The number of amides is 2. The fourth-order valence-corrected chi connectivity index (χ4v) is 3.20. The third kappa shape index (κ3) is 5.80. The van der Waals surface area contributed by atoms with E-state index in [0.717, 1.165) is 5.56 Å². The van der Waals surface area contributed by atoms with E-state index in [9.17, 15) is 19.5 Å². The van der Waals surface area contributed by atoms with Crippen LogP contribution in [0.15, 0.2) is 42.2 Å². The zero-order chi connectivity index (χ0) is 21.4. The van der Waals surface area contributed by atoms with Gasteiger partial charge in [0.05, 0.1) is 0 Å². The van der Waals surface area contributed by atoms with E-state index < -0.39 is 23.6 Å². The van der Waals surface area contributed by atoms with Gasteiger partial charge in [-0.3, -0.25) is 9.59 Å². The number of nitrogens with one attached hydrogen (secondary N) is 1. The predicted molar refractivity (Wildman–Crippen MR) is 108 cm³/mol. The smallest absolute Gasteiger partial charge is 0.370 e. The molecule has 158 valence electrons. The van der Waals surface area contributed by atoms with Gasteiger partial charge in [-0.05, 0) is 24.5 Å². The lowest BCUT2D eigenvalue weighted by Gasteiger charge is -2.41. The summed E-state index contributed by atoms with van der Waals surface area (Å²) in [7, 11) is 0. The molecule has 0 aliphatic carbocycles. The predicted octanol–water partition coefficient (Wildman–Crippen LogP) is 1.41. The fraction of sp³-hybridized carbons (Fsp3) is 0.476. The molecule has 2 atom stereocenters. The van der Waals surface area contributed by atoms with Crippen LogP contribution in [0.1, 0.15) is 38.7 Å². The molecule has 8 heteroatoms. The van der Waals surface area contributed by atoms with E-state index in [-0.39, 0.29) is 24.5 Å². The van der Waals surface area contributed by atoms with Gasteiger partial charge in [0.1, 0.15) is 5.66 Å². The number of ether oxygens (including phenoxy) is 1. The number of nitrogens with two attached hydrogens (primary N) is 1. The van der Waals surface area contributed by atoms with Crippen LogP contribution in [0.4, 0.5) is 0 Å². The SMILES string of the molecule is CCCN(CCc1ccccc1)C(=O)C1OC(C(=O)O)=CCC1(N)NC(=O)CC. The molecule has 0 fully saturated rings. The number of benzene rings is 1. The molecule has 0 aromatic heterocycles. The van der Waals surface area contributed by atoms with Crippen LogP contribution < -0.4 is 11.1 Å². The quantitative estimate of drug-likeness (QED) is 0.536. The molecule has 1 aromatic rings. The Morgan fingerprint density at radius 1 is 1.24 bits per heavy atom. The largest absolute Gasteiger partial charge is 0.475 e. The maximum atomic E-state index is 13.3. The molecule has 1 aliphatic heterocycles. The maximum Gasteiger partial charge on any atom is 0.370 e. The molecule has 0 saturated heterocycles. The number of carboxylic acids is 1. The molecule has 2 amide bonds. The Hall–Kier alpha value is -2.87. The Labute approximate surface area is 170 Å². The molecular formula is C21H29N3O5. The van der Waals surface area contributed by atoms with E-state index in [0.29, 0.717) is 25.9 Å². The van der Waals surface area contributed by atoms with Crippen molar-refractivity contribution in [2.75, 3.05) is 13.1 Å². The van der Waals surface area contributed by atoms with Gasteiger partial charge in [-0.2, -0.15) is 0 Å². The summed E-state index contributed by atoms with van der Waals surface area (Å²) in [5.74, 6) is -2.39. The van der Waals surface area contributed by atoms with Gasteiger partial charge in [0, 0.05) is 25.9 Å². The van der Waals surface area contributed by atoms with Gasteiger partial charge >= 0.3 is 5.97 Å². The highest BCUT2D eigenvalue weighted by molar-refractivity contribution is 5.89. The Morgan fingerprint density at radius 2 is 1.93 bits per heavy atom. The van der Waals surface area contributed by atoms with Crippen LogP contribution in [0.3, 0.4) is 0 Å². The molecule has 1 heterocycles. The van der Waals surface area contributed by atoms with Crippen molar-refractivity contribution in [1.29, 1.82) is 0 Å². The summed E-state index contributed by atoms with van der Waals surface area (Å²) in [6, 6.07) is 9.74. The number of carbonyl (C=O) groups is 3. The van der Waals surface area contributed by atoms with Crippen molar-refractivity contribution in [3.8, 4) is 0 Å². The van der Waals surface area contributed by atoms with Crippen LogP contribution >= 0.6 is 0 Å². The van der Waals surface area contributed by atoms with Gasteiger partial charge in [-0.15, -0.1) is 0 Å². The van der Waals surface area contributed by atoms with Gasteiger partial charge in [0.2, 0.25) is 17.8 Å². The Kier molecular flexibility index (Phi) is 7.78. The van der Waals surface area contributed by atoms with Gasteiger partial charge in [-0.1, -0.05) is 44.2 Å². The van der Waals surface area contributed by atoms with E-state index in [1.165, 1.54) is 6.08 Å². The first kappa shape index (κ1) is 22.4. The van der Waals surface area contributed by atoms with Crippen molar-refractivity contribution >= 4 is 17.8 Å². The number of carbonyl (C=O) groups excluding carboxylic acids is 2. The molecule has 4 N–H and O–H groups in total. The lowest BCUT2D eigenvalue weighted by atomic mass is 9.94. The van der Waals surface area contributed by atoms with Crippen molar-refractivity contribution < 1.29 is 24.2 Å². The molecule has 0 spiro atoms. The fourth-order valence-electron chi connectivity index (χ4n) is 3.20. The molecule has 0 saturated carbocycles. The third-order valence-electron chi connectivity index (χ3n) is 4.78. The van der Waals surface area contributed by atoms with E-state index in [1.807, 2.05) is 37.3 Å².